The smallest absolute Gasteiger partial charge is 0.0132 e. The van der Waals surface area contributed by atoms with Gasteiger partial charge in [-0.2, -0.15) is 0 Å². The van der Waals surface area contributed by atoms with Crippen LogP contribution in [0, 0.1) is 16.2 Å². The molecule has 2 aliphatic carbocycles. The van der Waals surface area contributed by atoms with E-state index < -0.39 is 0 Å². The summed E-state index contributed by atoms with van der Waals surface area (Å²) in [6.45, 7) is 21.5. The third-order valence-electron chi connectivity index (χ3n) is 5.31. The van der Waals surface area contributed by atoms with Gasteiger partial charge >= 0.3 is 0 Å². The van der Waals surface area contributed by atoms with Gasteiger partial charge in [0.25, 0.3) is 0 Å². The predicted molar refractivity (Wildman–Crippen MR) is 116 cm³/mol. The monoisotopic (exact) mass is 353 g/mol. The molecule has 2 aliphatic rings. The molecule has 0 fully saturated rings. The molecule has 1 nitrogen and oxygen atoms in total. The molecule has 0 aliphatic heterocycles. The first kappa shape index (κ1) is 22.5. The van der Waals surface area contributed by atoms with Gasteiger partial charge in [-0.1, -0.05) is 78.2 Å². The Morgan fingerprint density at radius 1 is 1.08 bits per heavy atom. The van der Waals surface area contributed by atoms with Crippen molar-refractivity contribution in [2.45, 2.75) is 67.7 Å². The number of hydrogen-bond acceptors (Lipinski definition) is 1. The second kappa shape index (κ2) is 9.43. The molecule has 0 aromatic heterocycles. The van der Waals surface area contributed by atoms with Gasteiger partial charge in [0.05, 0.1) is 0 Å². The molecule has 0 spiro atoms. The Labute approximate surface area is 162 Å². The van der Waals surface area contributed by atoms with Crippen molar-refractivity contribution in [1.29, 1.82) is 0 Å². The lowest BCUT2D eigenvalue weighted by Crippen LogP contribution is -2.29. The Kier molecular flexibility index (Phi) is 8.16. The van der Waals surface area contributed by atoms with Crippen LogP contribution in [0.2, 0.25) is 0 Å². The van der Waals surface area contributed by atoms with Gasteiger partial charge in [0.1, 0.15) is 0 Å². The first-order valence-electron chi connectivity index (χ1n) is 9.98. The molecule has 0 bridgehead atoms. The van der Waals surface area contributed by atoms with Gasteiger partial charge in [0.2, 0.25) is 0 Å². The van der Waals surface area contributed by atoms with Crippen LogP contribution in [0.5, 0.6) is 0 Å². The van der Waals surface area contributed by atoms with Crippen LogP contribution in [0.3, 0.4) is 0 Å². The van der Waals surface area contributed by atoms with Crippen molar-refractivity contribution in [3.63, 3.8) is 0 Å². The summed E-state index contributed by atoms with van der Waals surface area (Å²) in [7, 11) is 0. The van der Waals surface area contributed by atoms with Crippen LogP contribution in [0.4, 0.5) is 0 Å². The minimum atomic E-state index is 0.263. The molecular formula is C25H39N. The quantitative estimate of drug-likeness (QED) is 0.316. The number of hydrogen-bond donors (Lipinski definition) is 1. The van der Waals surface area contributed by atoms with Gasteiger partial charge < -0.3 is 5.32 Å². The van der Waals surface area contributed by atoms with Crippen molar-refractivity contribution < 1.29 is 0 Å². The molecule has 0 aromatic rings. The van der Waals surface area contributed by atoms with E-state index in [9.17, 15) is 0 Å². The molecule has 0 unspecified atom stereocenters. The van der Waals surface area contributed by atoms with Crippen molar-refractivity contribution in [1.82, 2.24) is 5.32 Å². The van der Waals surface area contributed by atoms with Gasteiger partial charge in [0.15, 0.2) is 0 Å². The SMILES string of the molecule is C=CCNCC(C)(C)/C=C/CC.CC1(C)CCC(C)(C)C2=C1C=C=C=C2. The fourth-order valence-corrected chi connectivity index (χ4v) is 3.39. The predicted octanol–water partition coefficient (Wildman–Crippen LogP) is 6.76. The van der Waals surface area contributed by atoms with Gasteiger partial charge in [-0.25, -0.2) is 0 Å². The van der Waals surface area contributed by atoms with Crippen LogP contribution in [0.25, 0.3) is 0 Å². The Hall–Kier alpha value is -1.52. The number of allylic oxidation sites excluding steroid dienone is 5. The summed E-state index contributed by atoms with van der Waals surface area (Å²) in [5.74, 6) is 0. The topological polar surface area (TPSA) is 12.0 Å². The largest absolute Gasteiger partial charge is 0.312 e. The van der Waals surface area contributed by atoms with E-state index >= 15 is 0 Å². The lowest BCUT2D eigenvalue weighted by atomic mass is 9.62. The maximum atomic E-state index is 3.66. The summed E-state index contributed by atoms with van der Waals surface area (Å²) in [6.07, 6.45) is 14.3. The lowest BCUT2D eigenvalue weighted by Gasteiger charge is -2.41. The summed E-state index contributed by atoms with van der Waals surface area (Å²) in [4.78, 5) is 0. The Bertz CT molecular complexity index is 602. The van der Waals surface area contributed by atoms with Crippen LogP contribution in [0.15, 0.2) is 59.6 Å². The maximum Gasteiger partial charge on any atom is 0.0132 e. The molecule has 0 radical (unpaired) electrons. The summed E-state index contributed by atoms with van der Waals surface area (Å²) in [5, 5.41) is 3.31. The van der Waals surface area contributed by atoms with Crippen LogP contribution < -0.4 is 5.32 Å². The van der Waals surface area contributed by atoms with Crippen molar-refractivity contribution >= 4 is 0 Å². The van der Waals surface area contributed by atoms with Crippen LogP contribution >= 0.6 is 0 Å². The molecule has 0 saturated heterocycles. The molecule has 2 rings (SSSR count). The third-order valence-corrected chi connectivity index (χ3v) is 5.31. The van der Waals surface area contributed by atoms with E-state index in [0.717, 1.165) is 19.5 Å². The highest BCUT2D eigenvalue weighted by Gasteiger charge is 2.37. The molecule has 0 amide bonds. The van der Waals surface area contributed by atoms with E-state index in [-0.39, 0.29) is 5.41 Å². The Balaban J connectivity index is 0.000000265. The zero-order valence-electron chi connectivity index (χ0n) is 18.1. The summed E-state index contributed by atoms with van der Waals surface area (Å²) < 4.78 is 0. The van der Waals surface area contributed by atoms with E-state index in [1.54, 1.807) is 0 Å². The van der Waals surface area contributed by atoms with E-state index in [0.29, 0.717) is 10.8 Å². The minimum absolute atomic E-state index is 0.263. The van der Waals surface area contributed by atoms with Crippen molar-refractivity contribution in [3.8, 4) is 0 Å². The molecule has 1 heteroatoms. The number of rotatable bonds is 6. The fourth-order valence-electron chi connectivity index (χ4n) is 3.39. The zero-order chi connectivity index (χ0) is 19.8. The van der Waals surface area contributed by atoms with Crippen molar-refractivity contribution in [3.05, 3.63) is 59.6 Å². The highest BCUT2D eigenvalue weighted by molar-refractivity contribution is 5.44. The summed E-state index contributed by atoms with van der Waals surface area (Å²) >= 11 is 0. The minimum Gasteiger partial charge on any atom is -0.312 e. The standard InChI is InChI=1S/C14H18.C11H21N/c1-13(2)9-10-14(3,4)12-8-6-5-7-11(12)13;1-5-7-8-11(3,4)10-12-9-6-2/h7-8H,9-10H2,1-4H3;6-8,12H,2,5,9-10H2,1,3-4H3/b;8-7+. The van der Waals surface area contributed by atoms with E-state index in [2.05, 4.69) is 96.1 Å². The van der Waals surface area contributed by atoms with Gasteiger partial charge in [0, 0.05) is 13.1 Å². The van der Waals surface area contributed by atoms with E-state index in [4.69, 9.17) is 0 Å². The molecule has 26 heavy (non-hydrogen) atoms. The normalized spacial score (nSPS) is 20.0. The van der Waals surface area contributed by atoms with E-state index in [1.165, 1.54) is 24.0 Å². The van der Waals surface area contributed by atoms with Crippen LogP contribution in [-0.4, -0.2) is 13.1 Å². The number of nitrogens with one attached hydrogen (secondary N) is 1. The van der Waals surface area contributed by atoms with E-state index in [1.807, 2.05) is 6.08 Å². The Morgan fingerprint density at radius 2 is 1.58 bits per heavy atom. The molecular weight excluding hydrogens is 314 g/mol. The highest BCUT2D eigenvalue weighted by Crippen LogP contribution is 2.49. The first-order valence-corrected chi connectivity index (χ1v) is 9.98. The fraction of sp³-hybridized carbons (Fsp3) is 0.600. The first-order chi connectivity index (χ1) is 12.1. The van der Waals surface area contributed by atoms with Gasteiger partial charge in [-0.05, 0) is 58.8 Å². The van der Waals surface area contributed by atoms with Crippen LogP contribution in [-0.2, 0) is 0 Å². The molecule has 0 saturated carbocycles. The van der Waals surface area contributed by atoms with Crippen molar-refractivity contribution in [2.24, 2.45) is 16.2 Å². The van der Waals surface area contributed by atoms with Crippen molar-refractivity contribution in [2.75, 3.05) is 13.1 Å². The lowest BCUT2D eigenvalue weighted by molar-refractivity contribution is 0.273. The molecule has 144 valence electrons. The maximum absolute atomic E-state index is 3.66. The van der Waals surface area contributed by atoms with Crippen LogP contribution in [0.1, 0.15) is 67.7 Å². The molecule has 1 N–H and O–H groups in total. The summed E-state index contributed by atoms with van der Waals surface area (Å²) in [5.41, 5.74) is 10.0. The second-order valence-corrected chi connectivity index (χ2v) is 9.39. The molecule has 0 heterocycles. The average molecular weight is 354 g/mol. The van der Waals surface area contributed by atoms with Gasteiger partial charge in [-0.3, -0.25) is 0 Å². The molecule has 0 atom stereocenters. The molecule has 0 aromatic carbocycles. The second-order valence-electron chi connectivity index (χ2n) is 9.39. The highest BCUT2D eigenvalue weighted by atomic mass is 14.9. The summed E-state index contributed by atoms with van der Waals surface area (Å²) in [6, 6.07) is 0. The average Bonchev–Trinajstić information content (AvgIpc) is 2.58. The third kappa shape index (κ3) is 6.65. The zero-order valence-corrected chi connectivity index (χ0v) is 18.1. The van der Waals surface area contributed by atoms with Gasteiger partial charge in [-0.15, -0.1) is 6.58 Å². The Morgan fingerprint density at radius 3 is 2.00 bits per heavy atom.